The van der Waals surface area contributed by atoms with E-state index in [1.54, 1.807) is 24.3 Å². The number of likely N-dealkylation sites (N-methyl/N-ethyl adjacent to an activating group) is 1. The van der Waals surface area contributed by atoms with Crippen molar-refractivity contribution in [2.45, 2.75) is 19.9 Å². The average molecular weight is 428 g/mol. The third-order valence-corrected chi connectivity index (χ3v) is 5.24. The molecule has 1 unspecified atom stereocenters. The number of nitrogens with zero attached hydrogens (tertiary/aromatic N) is 3. The quantitative estimate of drug-likeness (QED) is 0.738. The number of amides is 3. The van der Waals surface area contributed by atoms with Crippen molar-refractivity contribution in [3.63, 3.8) is 0 Å². The number of primary amides is 1. The fraction of sp³-hybridized carbons (Fsp3) is 0.318. The van der Waals surface area contributed by atoms with Crippen LogP contribution in [0.25, 0.3) is 0 Å². The summed E-state index contributed by atoms with van der Waals surface area (Å²) >= 11 is 5.95. The van der Waals surface area contributed by atoms with Crippen LogP contribution in [0, 0.1) is 5.92 Å². The highest BCUT2D eigenvalue weighted by Crippen LogP contribution is 2.24. The van der Waals surface area contributed by atoms with Gasteiger partial charge in [0.05, 0.1) is 6.54 Å². The largest absolute Gasteiger partial charge is 0.358 e. The van der Waals surface area contributed by atoms with Crippen LogP contribution in [0.5, 0.6) is 0 Å². The number of urea groups is 1. The van der Waals surface area contributed by atoms with Gasteiger partial charge in [-0.2, -0.15) is 0 Å². The van der Waals surface area contributed by atoms with Crippen LogP contribution in [0.2, 0.25) is 5.02 Å². The molecule has 2 aromatic rings. The maximum atomic E-state index is 13.1. The van der Waals surface area contributed by atoms with Crippen LogP contribution in [0.15, 0.2) is 53.5 Å². The van der Waals surface area contributed by atoms with E-state index >= 15 is 0 Å². The summed E-state index contributed by atoms with van der Waals surface area (Å²) in [7, 11) is 2.00. The number of nitrogens with two attached hydrogens (primary N) is 1. The van der Waals surface area contributed by atoms with Crippen LogP contribution in [0.1, 0.15) is 19.4 Å². The lowest BCUT2D eigenvalue weighted by Gasteiger charge is -2.32. The van der Waals surface area contributed by atoms with Gasteiger partial charge in [0, 0.05) is 35.6 Å². The first-order valence-corrected chi connectivity index (χ1v) is 10.2. The van der Waals surface area contributed by atoms with E-state index in [9.17, 15) is 9.59 Å². The highest BCUT2D eigenvalue weighted by Gasteiger charge is 2.32. The summed E-state index contributed by atoms with van der Waals surface area (Å²) in [5.74, 6) is 0.450. The number of rotatable bonds is 6. The second kappa shape index (κ2) is 9.17. The Morgan fingerprint density at radius 1 is 1.13 bits per heavy atom. The lowest BCUT2D eigenvalue weighted by Crippen LogP contribution is -2.52. The third kappa shape index (κ3) is 4.74. The van der Waals surface area contributed by atoms with Crippen LogP contribution in [0.3, 0.4) is 0 Å². The molecule has 3 amide bonds. The molecular weight excluding hydrogens is 402 g/mol. The molecule has 0 aromatic heterocycles. The second-order valence-electron chi connectivity index (χ2n) is 7.57. The highest BCUT2D eigenvalue weighted by atomic mass is 35.5. The number of hydrogen-bond donors (Lipinski definition) is 2. The smallest absolute Gasteiger partial charge is 0.320 e. The molecular formula is C22H26ClN5O2. The number of carbonyl (C=O) groups excluding carboxylic acids is 2. The van der Waals surface area contributed by atoms with Crippen molar-refractivity contribution < 1.29 is 9.59 Å². The van der Waals surface area contributed by atoms with Crippen molar-refractivity contribution in [1.29, 1.82) is 0 Å². The second-order valence-corrected chi connectivity index (χ2v) is 8.00. The summed E-state index contributed by atoms with van der Waals surface area (Å²) in [6.07, 6.45) is 0. The molecule has 3 N–H and O–H groups in total. The lowest BCUT2D eigenvalue weighted by atomic mass is 10.0. The average Bonchev–Trinajstić information content (AvgIpc) is 3.12. The zero-order chi connectivity index (χ0) is 21.8. The van der Waals surface area contributed by atoms with E-state index in [-0.39, 0.29) is 11.8 Å². The molecule has 0 fully saturated rings. The Labute approximate surface area is 181 Å². The molecule has 8 heteroatoms. The molecule has 1 heterocycles. The molecule has 0 bridgehead atoms. The Kier molecular flexibility index (Phi) is 6.62. The first-order valence-electron chi connectivity index (χ1n) is 9.79. The predicted molar refractivity (Wildman–Crippen MR) is 121 cm³/mol. The molecule has 0 saturated carbocycles. The molecule has 1 atom stereocenters. The number of carbonyl (C=O) groups is 2. The van der Waals surface area contributed by atoms with Crippen LogP contribution in [-0.4, -0.2) is 48.9 Å². The van der Waals surface area contributed by atoms with Gasteiger partial charge in [-0.15, -0.1) is 0 Å². The van der Waals surface area contributed by atoms with Gasteiger partial charge in [-0.05, 0) is 54.4 Å². The topological polar surface area (TPSA) is 91.0 Å². The summed E-state index contributed by atoms with van der Waals surface area (Å²) < 4.78 is 0. The van der Waals surface area contributed by atoms with Crippen molar-refractivity contribution in [1.82, 2.24) is 4.90 Å². The van der Waals surface area contributed by atoms with Crippen LogP contribution >= 0.6 is 11.6 Å². The number of amidine groups is 1. The van der Waals surface area contributed by atoms with Gasteiger partial charge < -0.3 is 16.0 Å². The standard InChI is InChI=1S/C22H26ClN5O2/c1-14(2)19(28(22(24)30)18-10-6-16(23)7-11-18)21(29)26-17-8-4-15(5-9-17)20-25-12-13-27(20)3/h4-11,14,19H,12-13H2,1-3H3,(H2,24,30)(H,26,29). The summed E-state index contributed by atoms with van der Waals surface area (Å²) in [5.41, 5.74) is 7.78. The maximum Gasteiger partial charge on any atom is 0.320 e. The molecule has 0 aliphatic carbocycles. The fourth-order valence-corrected chi connectivity index (χ4v) is 3.63. The maximum absolute atomic E-state index is 13.1. The number of benzene rings is 2. The van der Waals surface area contributed by atoms with Gasteiger partial charge in [0.25, 0.3) is 0 Å². The van der Waals surface area contributed by atoms with Crippen LogP contribution < -0.4 is 16.0 Å². The zero-order valence-electron chi connectivity index (χ0n) is 17.3. The highest BCUT2D eigenvalue weighted by molar-refractivity contribution is 6.30. The molecule has 3 rings (SSSR count). The van der Waals surface area contributed by atoms with Crippen LogP contribution in [-0.2, 0) is 4.79 Å². The van der Waals surface area contributed by atoms with Gasteiger partial charge in [-0.25, -0.2) is 4.79 Å². The Bertz CT molecular complexity index is 941. The normalized spacial score (nSPS) is 14.4. The SMILES string of the molecule is CC(C)C(C(=O)Nc1ccc(C2=NCCN2C)cc1)N(C(N)=O)c1ccc(Cl)cc1. The lowest BCUT2D eigenvalue weighted by molar-refractivity contribution is -0.118. The number of halogens is 1. The van der Waals surface area contributed by atoms with Crippen molar-refractivity contribution in [3.05, 3.63) is 59.1 Å². The number of aliphatic imine (C=N–C) groups is 1. The molecule has 1 aliphatic heterocycles. The van der Waals surface area contributed by atoms with Crippen molar-refractivity contribution in [2.75, 3.05) is 30.4 Å². The molecule has 0 saturated heterocycles. The minimum atomic E-state index is -0.784. The number of hydrogen-bond acceptors (Lipinski definition) is 4. The summed E-state index contributed by atoms with van der Waals surface area (Å²) in [6, 6.07) is 12.7. The van der Waals surface area contributed by atoms with E-state index in [0.717, 1.165) is 24.5 Å². The molecule has 30 heavy (non-hydrogen) atoms. The Morgan fingerprint density at radius 2 is 1.77 bits per heavy atom. The van der Waals surface area contributed by atoms with Gasteiger partial charge in [0.2, 0.25) is 5.91 Å². The van der Waals surface area contributed by atoms with E-state index < -0.39 is 12.1 Å². The van der Waals surface area contributed by atoms with Crippen molar-refractivity contribution >= 4 is 40.7 Å². The van der Waals surface area contributed by atoms with E-state index in [0.29, 0.717) is 16.4 Å². The monoisotopic (exact) mass is 427 g/mol. The van der Waals surface area contributed by atoms with Crippen molar-refractivity contribution in [2.24, 2.45) is 16.6 Å². The first-order chi connectivity index (χ1) is 14.3. The number of nitrogens with one attached hydrogen (secondary N) is 1. The summed E-state index contributed by atoms with van der Waals surface area (Å²) in [5, 5.41) is 3.43. The summed E-state index contributed by atoms with van der Waals surface area (Å²) in [6.45, 7) is 5.42. The fourth-order valence-electron chi connectivity index (χ4n) is 3.51. The first kappa shape index (κ1) is 21.6. The van der Waals surface area contributed by atoms with Gasteiger partial charge in [0.1, 0.15) is 11.9 Å². The third-order valence-electron chi connectivity index (χ3n) is 4.99. The predicted octanol–water partition coefficient (Wildman–Crippen LogP) is 3.58. The van der Waals surface area contributed by atoms with Crippen molar-refractivity contribution in [3.8, 4) is 0 Å². The van der Waals surface area contributed by atoms with Gasteiger partial charge in [0.15, 0.2) is 0 Å². The molecule has 2 aromatic carbocycles. The summed E-state index contributed by atoms with van der Waals surface area (Å²) in [4.78, 5) is 33.2. The van der Waals surface area contributed by atoms with E-state index in [1.807, 2.05) is 45.2 Å². The van der Waals surface area contributed by atoms with E-state index in [1.165, 1.54) is 4.90 Å². The Morgan fingerprint density at radius 3 is 2.27 bits per heavy atom. The van der Waals surface area contributed by atoms with Gasteiger partial charge in [-0.1, -0.05) is 25.4 Å². The van der Waals surface area contributed by atoms with Gasteiger partial charge in [-0.3, -0.25) is 14.7 Å². The van der Waals surface area contributed by atoms with Gasteiger partial charge >= 0.3 is 6.03 Å². The molecule has 158 valence electrons. The molecule has 1 aliphatic rings. The molecule has 7 nitrogen and oxygen atoms in total. The Balaban J connectivity index is 1.81. The minimum absolute atomic E-state index is 0.172. The molecule has 0 spiro atoms. The van der Waals surface area contributed by atoms with Crippen LogP contribution in [0.4, 0.5) is 16.2 Å². The molecule has 0 radical (unpaired) electrons. The minimum Gasteiger partial charge on any atom is -0.358 e. The van der Waals surface area contributed by atoms with E-state index in [2.05, 4.69) is 15.2 Å². The zero-order valence-corrected chi connectivity index (χ0v) is 18.1. The van der Waals surface area contributed by atoms with E-state index in [4.69, 9.17) is 17.3 Å². The number of anilines is 2. The Hall–Kier alpha value is -3.06.